The van der Waals surface area contributed by atoms with Crippen molar-refractivity contribution in [3.63, 3.8) is 0 Å². The number of benzene rings is 1. The quantitative estimate of drug-likeness (QED) is 0.672. The van der Waals surface area contributed by atoms with Gasteiger partial charge in [-0.05, 0) is 31.4 Å². The summed E-state index contributed by atoms with van der Waals surface area (Å²) in [4.78, 5) is 17.4. The van der Waals surface area contributed by atoms with Gasteiger partial charge in [-0.25, -0.2) is 4.99 Å². The van der Waals surface area contributed by atoms with Gasteiger partial charge in [-0.2, -0.15) is 18.3 Å². The van der Waals surface area contributed by atoms with Crippen LogP contribution in [-0.4, -0.2) is 28.1 Å². The normalized spacial score (nSPS) is 19.1. The van der Waals surface area contributed by atoms with Crippen LogP contribution in [0.1, 0.15) is 61.9 Å². The molecular formula is C21H24F3N3O2. The van der Waals surface area contributed by atoms with Crippen molar-refractivity contribution in [3.8, 4) is 0 Å². The molecule has 29 heavy (non-hydrogen) atoms. The predicted octanol–water partition coefficient (Wildman–Crippen LogP) is 4.98. The molecule has 1 aromatic carbocycles. The zero-order chi connectivity index (χ0) is 21.5. The Labute approximate surface area is 167 Å². The zero-order valence-corrected chi connectivity index (χ0v) is 17.0. The molecule has 0 bridgehead atoms. The van der Waals surface area contributed by atoms with Gasteiger partial charge in [-0.1, -0.05) is 32.0 Å². The number of fused-ring (bicyclic) bond motifs is 1. The summed E-state index contributed by atoms with van der Waals surface area (Å²) >= 11 is 0. The van der Waals surface area contributed by atoms with Gasteiger partial charge >= 0.3 is 12.1 Å². The number of ether oxygens (including phenoxy) is 1. The van der Waals surface area contributed by atoms with E-state index < -0.39 is 29.5 Å². The molecule has 0 fully saturated rings. The number of alkyl halides is 3. The standard InChI is InChI=1S/C21H24F3N3O2/c1-6-29-20(28)15-12(4)25-19-17(18(11(2)3)26-27(19)5)16(15)13-8-7-9-14(10-13)21(22,23)24/h7-11,15-16H,6H2,1-5H3. The lowest BCUT2D eigenvalue weighted by Crippen LogP contribution is -2.34. The molecule has 2 aromatic rings. The Bertz CT molecular complexity index is 961. The Morgan fingerprint density at radius 2 is 2.00 bits per heavy atom. The molecule has 0 N–H and O–H groups in total. The lowest BCUT2D eigenvalue weighted by atomic mass is 9.75. The van der Waals surface area contributed by atoms with Gasteiger partial charge in [0.15, 0.2) is 5.82 Å². The van der Waals surface area contributed by atoms with E-state index in [2.05, 4.69) is 10.1 Å². The van der Waals surface area contributed by atoms with E-state index in [9.17, 15) is 18.0 Å². The van der Waals surface area contributed by atoms with Crippen molar-refractivity contribution < 1.29 is 22.7 Å². The third-order valence-electron chi connectivity index (χ3n) is 5.12. The van der Waals surface area contributed by atoms with E-state index in [0.29, 0.717) is 22.7 Å². The van der Waals surface area contributed by atoms with Crippen LogP contribution in [0.2, 0.25) is 0 Å². The SMILES string of the molecule is CCOC(=O)C1C(C)=Nc2c(c(C(C)C)nn2C)C1c1cccc(C(F)(F)F)c1. The molecular weight excluding hydrogens is 383 g/mol. The molecule has 0 saturated heterocycles. The second-order valence-corrected chi connectivity index (χ2v) is 7.48. The van der Waals surface area contributed by atoms with E-state index >= 15 is 0 Å². The molecule has 0 aliphatic carbocycles. The van der Waals surface area contributed by atoms with Crippen molar-refractivity contribution in [2.45, 2.75) is 45.7 Å². The molecule has 0 amide bonds. The fourth-order valence-electron chi connectivity index (χ4n) is 3.86. The van der Waals surface area contributed by atoms with Crippen LogP contribution in [0.15, 0.2) is 29.3 Å². The fraction of sp³-hybridized carbons (Fsp3) is 0.476. The molecule has 2 heterocycles. The number of carbonyl (C=O) groups excluding carboxylic acids is 1. The van der Waals surface area contributed by atoms with E-state index in [0.717, 1.165) is 17.8 Å². The monoisotopic (exact) mass is 407 g/mol. The first-order chi connectivity index (χ1) is 13.6. The Balaban J connectivity index is 2.28. The topological polar surface area (TPSA) is 56.5 Å². The molecule has 0 radical (unpaired) electrons. The van der Waals surface area contributed by atoms with Crippen molar-refractivity contribution in [3.05, 3.63) is 46.6 Å². The molecule has 0 spiro atoms. The number of carbonyl (C=O) groups is 1. The van der Waals surface area contributed by atoms with E-state index in [1.165, 1.54) is 6.07 Å². The summed E-state index contributed by atoms with van der Waals surface area (Å²) in [6, 6.07) is 5.12. The van der Waals surface area contributed by atoms with Crippen LogP contribution in [0.3, 0.4) is 0 Å². The fourth-order valence-corrected chi connectivity index (χ4v) is 3.86. The number of aryl methyl sites for hydroxylation is 1. The lowest BCUT2D eigenvalue weighted by Gasteiger charge is -2.31. The summed E-state index contributed by atoms with van der Waals surface area (Å²) in [7, 11) is 1.75. The van der Waals surface area contributed by atoms with Crippen molar-refractivity contribution in [2.75, 3.05) is 6.61 Å². The highest BCUT2D eigenvalue weighted by molar-refractivity contribution is 6.05. The predicted molar refractivity (Wildman–Crippen MR) is 103 cm³/mol. The van der Waals surface area contributed by atoms with Gasteiger partial charge in [0.05, 0.1) is 17.9 Å². The van der Waals surface area contributed by atoms with Gasteiger partial charge in [-0.3, -0.25) is 9.48 Å². The number of aliphatic imine (C=N–C) groups is 1. The highest BCUT2D eigenvalue weighted by Gasteiger charge is 2.43. The summed E-state index contributed by atoms with van der Waals surface area (Å²) in [6.45, 7) is 7.48. The molecule has 156 valence electrons. The molecule has 5 nitrogen and oxygen atoms in total. The lowest BCUT2D eigenvalue weighted by molar-refractivity contribution is -0.146. The second-order valence-electron chi connectivity index (χ2n) is 7.48. The van der Waals surface area contributed by atoms with Crippen molar-refractivity contribution in [2.24, 2.45) is 18.0 Å². The maximum absolute atomic E-state index is 13.4. The van der Waals surface area contributed by atoms with Crippen LogP contribution in [0.5, 0.6) is 0 Å². The van der Waals surface area contributed by atoms with Crippen molar-refractivity contribution in [1.82, 2.24) is 9.78 Å². The first kappa shape index (κ1) is 21.1. The molecule has 1 aliphatic heterocycles. The Morgan fingerprint density at radius 3 is 2.59 bits per heavy atom. The summed E-state index contributed by atoms with van der Waals surface area (Å²) in [5.41, 5.74) is 1.54. The smallest absolute Gasteiger partial charge is 0.416 e. The van der Waals surface area contributed by atoms with E-state index in [4.69, 9.17) is 4.74 Å². The number of aromatic nitrogens is 2. The van der Waals surface area contributed by atoms with Crippen LogP contribution in [0.4, 0.5) is 19.0 Å². The molecule has 3 rings (SSSR count). The molecule has 8 heteroatoms. The first-order valence-corrected chi connectivity index (χ1v) is 9.52. The van der Waals surface area contributed by atoms with Gasteiger partial charge in [0.2, 0.25) is 0 Å². The van der Waals surface area contributed by atoms with Gasteiger partial charge < -0.3 is 4.74 Å². The molecule has 1 aliphatic rings. The number of hydrogen-bond donors (Lipinski definition) is 0. The molecule has 2 atom stereocenters. The number of nitrogens with zero attached hydrogens (tertiary/aromatic N) is 3. The minimum Gasteiger partial charge on any atom is -0.465 e. The van der Waals surface area contributed by atoms with Crippen LogP contribution >= 0.6 is 0 Å². The van der Waals surface area contributed by atoms with Gasteiger partial charge in [0.1, 0.15) is 5.92 Å². The second kappa shape index (κ2) is 7.65. The van der Waals surface area contributed by atoms with Crippen LogP contribution in [0.25, 0.3) is 0 Å². The zero-order valence-electron chi connectivity index (χ0n) is 17.0. The molecule has 1 aromatic heterocycles. The average molecular weight is 407 g/mol. The van der Waals surface area contributed by atoms with Gasteiger partial charge in [0.25, 0.3) is 0 Å². The Morgan fingerprint density at radius 1 is 1.31 bits per heavy atom. The minimum absolute atomic E-state index is 0.00898. The van der Waals surface area contributed by atoms with Gasteiger partial charge in [-0.15, -0.1) is 0 Å². The summed E-state index contributed by atoms with van der Waals surface area (Å²) < 4.78 is 47.0. The van der Waals surface area contributed by atoms with E-state index in [1.54, 1.807) is 31.6 Å². The molecule has 2 unspecified atom stereocenters. The first-order valence-electron chi connectivity index (χ1n) is 9.52. The largest absolute Gasteiger partial charge is 0.465 e. The van der Waals surface area contributed by atoms with Gasteiger partial charge in [0, 0.05) is 24.2 Å². The Kier molecular flexibility index (Phi) is 5.56. The Hall–Kier alpha value is -2.64. The number of halogens is 3. The average Bonchev–Trinajstić information content (AvgIpc) is 2.97. The van der Waals surface area contributed by atoms with E-state index in [1.807, 2.05) is 13.8 Å². The number of esters is 1. The third kappa shape index (κ3) is 3.80. The number of hydrogen-bond acceptors (Lipinski definition) is 4. The van der Waals surface area contributed by atoms with Crippen LogP contribution in [-0.2, 0) is 22.8 Å². The highest BCUT2D eigenvalue weighted by atomic mass is 19.4. The van der Waals surface area contributed by atoms with Crippen LogP contribution < -0.4 is 0 Å². The number of rotatable bonds is 4. The summed E-state index contributed by atoms with van der Waals surface area (Å²) in [5.74, 6) is -1.40. The minimum atomic E-state index is -4.48. The third-order valence-corrected chi connectivity index (χ3v) is 5.12. The van der Waals surface area contributed by atoms with E-state index in [-0.39, 0.29) is 12.5 Å². The maximum Gasteiger partial charge on any atom is 0.416 e. The van der Waals surface area contributed by atoms with Crippen molar-refractivity contribution in [1.29, 1.82) is 0 Å². The summed E-state index contributed by atoms with van der Waals surface area (Å²) in [6.07, 6.45) is -4.48. The highest BCUT2D eigenvalue weighted by Crippen LogP contribution is 2.46. The van der Waals surface area contributed by atoms with Crippen LogP contribution in [0, 0.1) is 5.92 Å². The summed E-state index contributed by atoms with van der Waals surface area (Å²) in [5, 5.41) is 4.55. The molecule has 0 saturated carbocycles. The van der Waals surface area contributed by atoms with Crippen molar-refractivity contribution >= 4 is 17.5 Å². The maximum atomic E-state index is 13.4.